The van der Waals surface area contributed by atoms with Gasteiger partial charge >= 0.3 is 5.97 Å². The SMILES string of the molecule is CC(=O)Nc1c(O)ccc(Cl)c1C(N)CC(=O)O. The maximum Gasteiger partial charge on any atom is 0.305 e. The van der Waals surface area contributed by atoms with Gasteiger partial charge in [-0.15, -0.1) is 0 Å². The van der Waals surface area contributed by atoms with E-state index in [9.17, 15) is 14.7 Å². The van der Waals surface area contributed by atoms with E-state index in [1.54, 1.807) is 0 Å². The average molecular weight is 273 g/mol. The first kappa shape index (κ1) is 14.3. The minimum atomic E-state index is -1.10. The molecule has 0 aromatic heterocycles. The molecule has 0 spiro atoms. The van der Waals surface area contributed by atoms with Crippen LogP contribution in [0.1, 0.15) is 24.9 Å². The fourth-order valence-electron chi connectivity index (χ4n) is 1.54. The first-order valence-electron chi connectivity index (χ1n) is 5.09. The average Bonchev–Trinajstić information content (AvgIpc) is 2.21. The summed E-state index contributed by atoms with van der Waals surface area (Å²) in [5, 5.41) is 21.0. The van der Waals surface area contributed by atoms with Crippen LogP contribution in [-0.4, -0.2) is 22.1 Å². The fraction of sp³-hybridized carbons (Fsp3) is 0.273. The van der Waals surface area contributed by atoms with Crippen LogP contribution in [-0.2, 0) is 9.59 Å². The number of nitrogens with one attached hydrogen (secondary N) is 1. The van der Waals surface area contributed by atoms with E-state index < -0.39 is 17.9 Å². The second kappa shape index (κ2) is 5.70. The highest BCUT2D eigenvalue weighted by Gasteiger charge is 2.21. The first-order chi connectivity index (χ1) is 8.32. The molecule has 0 aliphatic carbocycles. The molecule has 1 aromatic rings. The molecule has 0 aliphatic heterocycles. The van der Waals surface area contributed by atoms with Gasteiger partial charge in [0.15, 0.2) is 0 Å². The van der Waals surface area contributed by atoms with E-state index in [0.717, 1.165) is 0 Å². The number of benzene rings is 1. The summed E-state index contributed by atoms with van der Waals surface area (Å²) in [6.07, 6.45) is -0.365. The van der Waals surface area contributed by atoms with Crippen molar-refractivity contribution >= 4 is 29.2 Å². The largest absolute Gasteiger partial charge is 0.506 e. The number of carbonyl (C=O) groups is 2. The number of amides is 1. The number of hydrogen-bond donors (Lipinski definition) is 4. The van der Waals surface area contributed by atoms with Crippen LogP contribution in [0.3, 0.4) is 0 Å². The molecule has 18 heavy (non-hydrogen) atoms. The van der Waals surface area contributed by atoms with Gasteiger partial charge in [0.25, 0.3) is 0 Å². The van der Waals surface area contributed by atoms with Crippen molar-refractivity contribution in [3.63, 3.8) is 0 Å². The highest BCUT2D eigenvalue weighted by molar-refractivity contribution is 6.32. The van der Waals surface area contributed by atoms with Crippen LogP contribution in [0.2, 0.25) is 5.02 Å². The molecule has 7 heteroatoms. The molecule has 1 amide bonds. The van der Waals surface area contributed by atoms with Crippen LogP contribution >= 0.6 is 11.6 Å². The van der Waals surface area contributed by atoms with Crippen LogP contribution < -0.4 is 11.1 Å². The van der Waals surface area contributed by atoms with Crippen LogP contribution in [0.15, 0.2) is 12.1 Å². The standard InChI is InChI=1S/C11H13ClN2O4/c1-5(15)14-11-8(16)3-2-6(12)10(11)7(13)4-9(17)18/h2-3,7,16H,4,13H2,1H3,(H,14,15)(H,17,18). The predicted molar refractivity (Wildman–Crippen MR) is 66.6 cm³/mol. The molecule has 1 unspecified atom stereocenters. The molecule has 0 saturated heterocycles. The van der Waals surface area contributed by atoms with Crippen molar-refractivity contribution in [2.75, 3.05) is 5.32 Å². The van der Waals surface area contributed by atoms with Gasteiger partial charge in [-0.3, -0.25) is 9.59 Å². The third kappa shape index (κ3) is 3.35. The Balaban J connectivity index is 3.25. The van der Waals surface area contributed by atoms with Crippen molar-refractivity contribution < 1.29 is 19.8 Å². The number of anilines is 1. The number of carboxylic acids is 1. The smallest absolute Gasteiger partial charge is 0.305 e. The molecule has 1 aromatic carbocycles. The Morgan fingerprint density at radius 2 is 2.11 bits per heavy atom. The number of aromatic hydroxyl groups is 1. The van der Waals surface area contributed by atoms with Gasteiger partial charge in [0.05, 0.1) is 12.1 Å². The highest BCUT2D eigenvalue weighted by Crippen LogP contribution is 2.37. The Bertz CT molecular complexity index is 490. The summed E-state index contributed by atoms with van der Waals surface area (Å²) < 4.78 is 0. The quantitative estimate of drug-likeness (QED) is 0.620. The Labute approximate surface area is 108 Å². The van der Waals surface area contributed by atoms with E-state index in [4.69, 9.17) is 22.4 Å². The number of phenols is 1. The Morgan fingerprint density at radius 1 is 1.50 bits per heavy atom. The first-order valence-corrected chi connectivity index (χ1v) is 5.47. The second-order valence-electron chi connectivity index (χ2n) is 3.74. The number of hydrogen-bond acceptors (Lipinski definition) is 4. The van der Waals surface area contributed by atoms with Crippen molar-refractivity contribution in [1.29, 1.82) is 0 Å². The summed E-state index contributed by atoms with van der Waals surface area (Å²) in [6, 6.07) is 1.76. The summed E-state index contributed by atoms with van der Waals surface area (Å²) >= 11 is 5.93. The molecule has 6 nitrogen and oxygen atoms in total. The third-order valence-electron chi connectivity index (χ3n) is 2.24. The molecular formula is C11H13ClN2O4. The molecule has 5 N–H and O–H groups in total. The maximum absolute atomic E-state index is 11.1. The summed E-state index contributed by atoms with van der Waals surface area (Å²) in [4.78, 5) is 21.7. The van der Waals surface area contributed by atoms with Crippen molar-refractivity contribution in [3.8, 4) is 5.75 Å². The molecule has 0 radical (unpaired) electrons. The molecular weight excluding hydrogens is 260 g/mol. The van der Waals surface area contributed by atoms with Gasteiger partial charge in [-0.05, 0) is 12.1 Å². The van der Waals surface area contributed by atoms with Crippen molar-refractivity contribution in [2.45, 2.75) is 19.4 Å². The van der Waals surface area contributed by atoms with Crippen molar-refractivity contribution in [2.24, 2.45) is 5.73 Å². The van der Waals surface area contributed by atoms with Gasteiger partial charge in [0.1, 0.15) is 5.75 Å². The molecule has 0 heterocycles. The predicted octanol–water partition coefficient (Wildman–Crippen LogP) is 1.48. The molecule has 0 aliphatic rings. The molecule has 1 atom stereocenters. The zero-order chi connectivity index (χ0) is 13.9. The van der Waals surface area contributed by atoms with Gasteiger partial charge in [-0.1, -0.05) is 11.6 Å². The van der Waals surface area contributed by atoms with Crippen molar-refractivity contribution in [1.82, 2.24) is 0 Å². The van der Waals surface area contributed by atoms with E-state index in [2.05, 4.69) is 5.32 Å². The Morgan fingerprint density at radius 3 is 2.61 bits per heavy atom. The van der Waals surface area contributed by atoms with E-state index in [1.807, 2.05) is 0 Å². The number of halogens is 1. The number of aliphatic carboxylic acids is 1. The van der Waals surface area contributed by atoms with Gasteiger partial charge < -0.3 is 21.3 Å². The van der Waals surface area contributed by atoms with Crippen LogP contribution in [0.25, 0.3) is 0 Å². The summed E-state index contributed by atoms with van der Waals surface area (Å²) in [6.45, 7) is 1.26. The lowest BCUT2D eigenvalue weighted by molar-refractivity contribution is -0.137. The summed E-state index contributed by atoms with van der Waals surface area (Å²) in [5.74, 6) is -1.74. The number of carboxylic acid groups (broad SMARTS) is 1. The Kier molecular flexibility index (Phi) is 4.52. The highest BCUT2D eigenvalue weighted by atomic mass is 35.5. The van der Waals surface area contributed by atoms with Crippen molar-refractivity contribution in [3.05, 3.63) is 22.7 Å². The van der Waals surface area contributed by atoms with Gasteiger partial charge in [-0.25, -0.2) is 0 Å². The molecule has 1 rings (SSSR count). The summed E-state index contributed by atoms with van der Waals surface area (Å²) in [7, 11) is 0. The molecule has 0 bridgehead atoms. The number of phenolic OH excluding ortho intramolecular Hbond substituents is 1. The monoisotopic (exact) mass is 272 g/mol. The zero-order valence-corrected chi connectivity index (χ0v) is 10.4. The third-order valence-corrected chi connectivity index (χ3v) is 2.57. The lowest BCUT2D eigenvalue weighted by atomic mass is 10.0. The Hall–Kier alpha value is -1.79. The van der Waals surface area contributed by atoms with Crippen LogP contribution in [0, 0.1) is 0 Å². The van der Waals surface area contributed by atoms with Gasteiger partial charge in [-0.2, -0.15) is 0 Å². The van der Waals surface area contributed by atoms with Crippen LogP contribution in [0.4, 0.5) is 5.69 Å². The molecule has 0 fully saturated rings. The number of nitrogens with two attached hydrogens (primary N) is 1. The van der Waals surface area contributed by atoms with E-state index in [1.165, 1.54) is 19.1 Å². The minimum absolute atomic E-state index is 0.0451. The second-order valence-corrected chi connectivity index (χ2v) is 4.15. The number of carbonyl (C=O) groups excluding carboxylic acids is 1. The van der Waals surface area contributed by atoms with E-state index in [-0.39, 0.29) is 28.4 Å². The van der Waals surface area contributed by atoms with Gasteiger partial charge in [0, 0.05) is 23.6 Å². The molecule has 98 valence electrons. The fourth-order valence-corrected chi connectivity index (χ4v) is 1.84. The van der Waals surface area contributed by atoms with Gasteiger partial charge in [0.2, 0.25) is 5.91 Å². The zero-order valence-electron chi connectivity index (χ0n) is 9.61. The van der Waals surface area contributed by atoms with E-state index >= 15 is 0 Å². The lowest BCUT2D eigenvalue weighted by Crippen LogP contribution is -2.19. The lowest BCUT2D eigenvalue weighted by Gasteiger charge is -2.18. The van der Waals surface area contributed by atoms with E-state index in [0.29, 0.717) is 0 Å². The number of rotatable bonds is 4. The normalized spacial score (nSPS) is 11.9. The topological polar surface area (TPSA) is 113 Å². The minimum Gasteiger partial charge on any atom is -0.506 e. The van der Waals surface area contributed by atoms with Crippen LogP contribution in [0.5, 0.6) is 5.75 Å². The molecule has 0 saturated carbocycles. The maximum atomic E-state index is 11.1. The summed E-state index contributed by atoms with van der Waals surface area (Å²) in [5.41, 5.74) is 5.96.